The van der Waals surface area contributed by atoms with E-state index in [2.05, 4.69) is 20.0 Å². The summed E-state index contributed by atoms with van der Waals surface area (Å²) in [6, 6.07) is 10.6. The lowest BCUT2D eigenvalue weighted by Crippen LogP contribution is -2.09. The number of ether oxygens (including phenoxy) is 3. The number of esters is 2. The molecule has 2 heterocycles. The fraction of sp³-hybridized carbons (Fsp3) is 0.182. The molecule has 1 aromatic carbocycles. The van der Waals surface area contributed by atoms with Crippen LogP contribution in [-0.2, 0) is 16.0 Å². The molecular weight excluding hydrogens is 493 g/mol. The van der Waals surface area contributed by atoms with Gasteiger partial charge in [0.2, 0.25) is 0 Å². The summed E-state index contributed by atoms with van der Waals surface area (Å²) in [4.78, 5) is 30.2. The second-order valence-electron chi connectivity index (χ2n) is 6.22. The Labute approximate surface area is 205 Å². The molecule has 0 aliphatic carbocycles. The van der Waals surface area contributed by atoms with Gasteiger partial charge in [-0.3, -0.25) is 0 Å². The van der Waals surface area contributed by atoms with Crippen LogP contribution >= 0.6 is 34.8 Å². The van der Waals surface area contributed by atoms with Crippen molar-refractivity contribution in [2.75, 3.05) is 26.6 Å². The standard InChI is InChI=1S/C15H15ClN2O3.C7H5Cl2NO2/c1-20-11-5-3-10(4-6-11)8-17-13-7-14(16)18-9-12(13)15(19)21-2;1-12-7(11)4-3-10-6(9)2-5(4)8/h3-7,9H,8H2,1-2H3,(H,17,18);2-3H,1H3. The molecule has 0 aliphatic rings. The van der Waals surface area contributed by atoms with Crippen molar-refractivity contribution in [3.05, 3.63) is 80.8 Å². The summed E-state index contributed by atoms with van der Waals surface area (Å²) in [7, 11) is 4.21. The molecule has 0 aliphatic heterocycles. The van der Waals surface area contributed by atoms with Crippen LogP contribution in [0, 0.1) is 0 Å². The summed E-state index contributed by atoms with van der Waals surface area (Å²) in [6.45, 7) is 0.536. The second-order valence-corrected chi connectivity index (χ2v) is 7.41. The lowest BCUT2D eigenvalue weighted by Gasteiger charge is -2.11. The predicted molar refractivity (Wildman–Crippen MR) is 127 cm³/mol. The Morgan fingerprint density at radius 2 is 1.39 bits per heavy atom. The van der Waals surface area contributed by atoms with E-state index in [0.717, 1.165) is 11.3 Å². The molecule has 0 radical (unpaired) electrons. The molecule has 0 bridgehead atoms. The predicted octanol–water partition coefficient (Wildman–Crippen LogP) is 5.32. The third kappa shape index (κ3) is 7.78. The first-order chi connectivity index (χ1) is 15.8. The zero-order chi connectivity index (χ0) is 24.4. The van der Waals surface area contributed by atoms with Crippen molar-refractivity contribution in [2.45, 2.75) is 6.54 Å². The van der Waals surface area contributed by atoms with Gasteiger partial charge in [0.05, 0.1) is 37.6 Å². The van der Waals surface area contributed by atoms with Crippen LogP contribution in [-0.4, -0.2) is 43.2 Å². The van der Waals surface area contributed by atoms with Crippen LogP contribution in [0.1, 0.15) is 26.3 Å². The molecule has 8 nitrogen and oxygen atoms in total. The zero-order valence-corrected chi connectivity index (χ0v) is 20.2. The minimum absolute atomic E-state index is 0.212. The van der Waals surface area contributed by atoms with E-state index in [1.807, 2.05) is 24.3 Å². The fourth-order valence-corrected chi connectivity index (χ4v) is 3.06. The number of nitrogens with zero attached hydrogens (tertiary/aromatic N) is 2. The molecular formula is C22H20Cl3N3O5. The molecule has 0 fully saturated rings. The highest BCUT2D eigenvalue weighted by Gasteiger charge is 2.13. The van der Waals surface area contributed by atoms with Crippen molar-refractivity contribution in [1.82, 2.24) is 9.97 Å². The van der Waals surface area contributed by atoms with Gasteiger partial charge in [-0.05, 0) is 29.8 Å². The molecule has 3 rings (SSSR count). The quantitative estimate of drug-likeness (QED) is 0.350. The first-order valence-electron chi connectivity index (χ1n) is 9.29. The van der Waals surface area contributed by atoms with E-state index in [-0.39, 0.29) is 15.7 Å². The summed E-state index contributed by atoms with van der Waals surface area (Å²) in [5.41, 5.74) is 2.18. The Morgan fingerprint density at radius 1 is 0.848 bits per heavy atom. The molecule has 174 valence electrons. The Balaban J connectivity index is 0.000000273. The molecule has 0 atom stereocenters. The van der Waals surface area contributed by atoms with Crippen LogP contribution in [0.5, 0.6) is 5.75 Å². The van der Waals surface area contributed by atoms with Crippen molar-refractivity contribution in [3.8, 4) is 5.75 Å². The number of carbonyl (C=O) groups is 2. The lowest BCUT2D eigenvalue weighted by molar-refractivity contribution is 0.0592. The number of carbonyl (C=O) groups excluding carboxylic acids is 2. The number of pyridine rings is 2. The van der Waals surface area contributed by atoms with Crippen molar-refractivity contribution >= 4 is 52.4 Å². The van der Waals surface area contributed by atoms with E-state index in [9.17, 15) is 9.59 Å². The monoisotopic (exact) mass is 511 g/mol. The molecule has 1 N–H and O–H groups in total. The summed E-state index contributed by atoms with van der Waals surface area (Å²) < 4.78 is 14.3. The number of hydrogen-bond donors (Lipinski definition) is 1. The minimum Gasteiger partial charge on any atom is -0.497 e. The van der Waals surface area contributed by atoms with Gasteiger partial charge >= 0.3 is 11.9 Å². The zero-order valence-electron chi connectivity index (χ0n) is 17.9. The highest BCUT2D eigenvalue weighted by atomic mass is 35.5. The molecule has 11 heteroatoms. The number of methoxy groups -OCH3 is 3. The van der Waals surface area contributed by atoms with Crippen LogP contribution < -0.4 is 10.1 Å². The van der Waals surface area contributed by atoms with Gasteiger partial charge in [-0.15, -0.1) is 0 Å². The van der Waals surface area contributed by atoms with Gasteiger partial charge in [-0.25, -0.2) is 19.6 Å². The molecule has 0 amide bonds. The van der Waals surface area contributed by atoms with Crippen LogP contribution in [0.15, 0.2) is 48.8 Å². The highest BCUT2D eigenvalue weighted by Crippen LogP contribution is 2.21. The summed E-state index contributed by atoms with van der Waals surface area (Å²) in [6.07, 6.45) is 2.67. The number of anilines is 1. The van der Waals surface area contributed by atoms with Gasteiger partial charge in [-0.2, -0.15) is 0 Å². The van der Waals surface area contributed by atoms with Crippen LogP contribution in [0.25, 0.3) is 0 Å². The second kappa shape index (κ2) is 12.8. The average Bonchev–Trinajstić information content (AvgIpc) is 2.82. The third-order valence-electron chi connectivity index (χ3n) is 4.14. The number of aromatic nitrogens is 2. The van der Waals surface area contributed by atoms with Gasteiger partial charge < -0.3 is 19.5 Å². The SMILES string of the molecule is COC(=O)c1cnc(Cl)cc1Cl.COC(=O)c1cnc(Cl)cc1NCc1ccc(OC)cc1. The Morgan fingerprint density at radius 3 is 1.94 bits per heavy atom. The van der Waals surface area contributed by atoms with Gasteiger partial charge in [-0.1, -0.05) is 46.9 Å². The average molecular weight is 513 g/mol. The van der Waals surface area contributed by atoms with Gasteiger partial charge in [0.15, 0.2) is 0 Å². The van der Waals surface area contributed by atoms with Crippen molar-refractivity contribution in [2.24, 2.45) is 0 Å². The van der Waals surface area contributed by atoms with E-state index < -0.39 is 11.9 Å². The van der Waals surface area contributed by atoms with E-state index in [4.69, 9.17) is 44.3 Å². The lowest BCUT2D eigenvalue weighted by atomic mass is 10.2. The van der Waals surface area contributed by atoms with Crippen molar-refractivity contribution in [1.29, 1.82) is 0 Å². The normalized spacial score (nSPS) is 9.88. The Kier molecular flexibility index (Phi) is 10.2. The number of hydrogen-bond acceptors (Lipinski definition) is 8. The summed E-state index contributed by atoms with van der Waals surface area (Å²) in [5.74, 6) is -0.193. The molecule has 33 heavy (non-hydrogen) atoms. The van der Waals surface area contributed by atoms with Crippen molar-refractivity contribution in [3.63, 3.8) is 0 Å². The summed E-state index contributed by atoms with van der Waals surface area (Å²) in [5, 5.41) is 3.94. The molecule has 0 saturated carbocycles. The Bertz CT molecular complexity index is 1110. The topological polar surface area (TPSA) is 99.6 Å². The maximum Gasteiger partial charge on any atom is 0.341 e. The van der Waals surface area contributed by atoms with E-state index in [1.165, 1.54) is 32.7 Å². The van der Waals surface area contributed by atoms with Gasteiger partial charge in [0.25, 0.3) is 0 Å². The molecule has 0 spiro atoms. The number of nitrogens with one attached hydrogen (secondary N) is 1. The summed E-state index contributed by atoms with van der Waals surface area (Å²) >= 11 is 17.1. The highest BCUT2D eigenvalue weighted by molar-refractivity contribution is 6.36. The first-order valence-corrected chi connectivity index (χ1v) is 10.4. The Hall–Kier alpha value is -3.07. The smallest absolute Gasteiger partial charge is 0.341 e. The maximum absolute atomic E-state index is 11.7. The van der Waals surface area contributed by atoms with Crippen molar-refractivity contribution < 1.29 is 23.8 Å². The molecule has 0 saturated heterocycles. The van der Waals surface area contributed by atoms with E-state index in [1.54, 1.807) is 13.2 Å². The van der Waals surface area contributed by atoms with Gasteiger partial charge in [0, 0.05) is 18.9 Å². The maximum atomic E-state index is 11.7. The third-order valence-corrected chi connectivity index (χ3v) is 4.87. The first kappa shape index (κ1) is 26.2. The number of benzene rings is 1. The van der Waals surface area contributed by atoms with Crippen LogP contribution in [0.2, 0.25) is 15.3 Å². The largest absolute Gasteiger partial charge is 0.497 e. The van der Waals surface area contributed by atoms with E-state index in [0.29, 0.717) is 22.9 Å². The number of halogens is 3. The number of rotatable bonds is 6. The molecule has 3 aromatic rings. The van der Waals surface area contributed by atoms with Gasteiger partial charge in [0.1, 0.15) is 21.6 Å². The molecule has 0 unspecified atom stereocenters. The van der Waals surface area contributed by atoms with Crippen LogP contribution in [0.4, 0.5) is 5.69 Å². The van der Waals surface area contributed by atoms with E-state index >= 15 is 0 Å². The molecule has 2 aromatic heterocycles. The minimum atomic E-state index is -0.524. The van der Waals surface area contributed by atoms with Crippen LogP contribution in [0.3, 0.4) is 0 Å². The fourth-order valence-electron chi connectivity index (χ4n) is 2.46.